The van der Waals surface area contributed by atoms with Gasteiger partial charge >= 0.3 is 19.5 Å². The zero-order valence-electron chi connectivity index (χ0n) is 13.8. The second-order valence-corrected chi connectivity index (χ2v) is 4.99. The van der Waals surface area contributed by atoms with Crippen LogP contribution in [0.5, 0.6) is 0 Å². The van der Waals surface area contributed by atoms with Crippen molar-refractivity contribution in [1.29, 1.82) is 0 Å². The van der Waals surface area contributed by atoms with Gasteiger partial charge in [-0.2, -0.15) is 0 Å². The molecule has 10 N–H and O–H groups in total. The van der Waals surface area contributed by atoms with Gasteiger partial charge in [-0.3, -0.25) is 0 Å². The van der Waals surface area contributed by atoms with Crippen LogP contribution in [-0.2, 0) is 29.1 Å². The van der Waals surface area contributed by atoms with Crippen molar-refractivity contribution in [2.24, 2.45) is 0 Å². The summed E-state index contributed by atoms with van der Waals surface area (Å²) in [6.07, 6.45) is -16.2. The first-order valence-electron chi connectivity index (χ1n) is 6.91. The Morgan fingerprint density at radius 2 is 0.815 bits per heavy atom. The number of carboxylic acid groups (broad SMARTS) is 2. The summed E-state index contributed by atoms with van der Waals surface area (Å²) >= 11 is 0. The molecule has 0 spiro atoms. The number of rotatable bonds is 10. The van der Waals surface area contributed by atoms with E-state index < -0.39 is 74.0 Å². The third-order valence-electron chi connectivity index (χ3n) is 2.99. The molecule has 27 heavy (non-hydrogen) atoms. The zero-order chi connectivity index (χ0) is 21.2. The molecule has 0 aromatic heterocycles. The molecule has 15 heteroatoms. The fraction of sp³-hybridized carbons (Fsp3) is 0.833. The first-order valence-corrected chi connectivity index (χ1v) is 6.91. The average molecular weight is 456 g/mol. The molecule has 0 amide bonds. The van der Waals surface area contributed by atoms with Crippen LogP contribution < -0.4 is 10.2 Å². The van der Waals surface area contributed by atoms with Crippen LogP contribution >= 0.6 is 0 Å². The van der Waals surface area contributed by atoms with E-state index in [0.29, 0.717) is 0 Å². The van der Waals surface area contributed by atoms with Crippen LogP contribution in [0.15, 0.2) is 0 Å². The molecule has 0 rings (SSSR count). The number of carbonyl (C=O) groups is 2. The molecule has 0 aliphatic rings. The Morgan fingerprint density at radius 1 is 0.593 bits per heavy atom. The van der Waals surface area contributed by atoms with Gasteiger partial charge in [0, 0.05) is 0 Å². The van der Waals surface area contributed by atoms with Gasteiger partial charge in [-0.05, 0) is 0 Å². The van der Waals surface area contributed by atoms with Gasteiger partial charge in [-0.25, -0.2) is 0 Å². The molecule has 8 atom stereocenters. The van der Waals surface area contributed by atoms with Crippen molar-refractivity contribution in [3.05, 3.63) is 0 Å². The molecule has 0 saturated heterocycles. The second kappa shape index (κ2) is 15.1. The third kappa shape index (κ3) is 10.9. The number of aliphatic carboxylic acids is 2. The topological polar surface area (TPSA) is 283 Å². The molecule has 14 nitrogen and oxygen atoms in total. The van der Waals surface area contributed by atoms with Gasteiger partial charge in [0.2, 0.25) is 0 Å². The van der Waals surface area contributed by atoms with E-state index in [0.717, 1.165) is 0 Å². The van der Waals surface area contributed by atoms with E-state index in [-0.39, 0.29) is 19.5 Å². The quantitative estimate of drug-likeness (QED) is 0.137. The fourth-order valence-electron chi connectivity index (χ4n) is 1.32. The summed E-state index contributed by atoms with van der Waals surface area (Å²) in [7, 11) is 0. The van der Waals surface area contributed by atoms with Gasteiger partial charge in [-0.15, -0.1) is 0 Å². The largest absolute Gasteiger partial charge is 2.00 e. The number of aliphatic hydroxyl groups is 10. The van der Waals surface area contributed by atoms with Gasteiger partial charge in [0.15, 0.2) is 0 Å². The summed E-state index contributed by atoms with van der Waals surface area (Å²) in [5.41, 5.74) is 0. The molecule has 0 aromatic rings. The van der Waals surface area contributed by atoms with Crippen molar-refractivity contribution in [1.82, 2.24) is 0 Å². The fourth-order valence-corrected chi connectivity index (χ4v) is 1.32. The summed E-state index contributed by atoms with van der Waals surface area (Å²) in [5.74, 6) is -3.95. The first-order chi connectivity index (χ1) is 11.8. The van der Waals surface area contributed by atoms with Crippen LogP contribution in [0.1, 0.15) is 0 Å². The molecule has 0 saturated carbocycles. The maximum Gasteiger partial charge on any atom is 2.00 e. The number of carbonyl (C=O) groups excluding carboxylic acids is 2. The van der Waals surface area contributed by atoms with Gasteiger partial charge < -0.3 is 70.9 Å². The van der Waals surface area contributed by atoms with Gasteiger partial charge in [-0.1, -0.05) is 0 Å². The smallest absolute Gasteiger partial charge is 0.547 e. The van der Waals surface area contributed by atoms with Crippen molar-refractivity contribution in [3.8, 4) is 0 Å². The number of carboxylic acids is 2. The Hall–Kier alpha value is -0.837. The Bertz CT molecular complexity index is 385. The van der Waals surface area contributed by atoms with E-state index in [1.54, 1.807) is 0 Å². The van der Waals surface area contributed by atoms with E-state index in [1.807, 2.05) is 0 Å². The van der Waals surface area contributed by atoms with E-state index in [1.165, 1.54) is 0 Å². The molecule has 156 valence electrons. The van der Waals surface area contributed by atoms with Crippen LogP contribution in [-0.4, -0.2) is 125 Å². The van der Waals surface area contributed by atoms with Crippen LogP contribution in [0.25, 0.3) is 0 Å². The predicted octanol–water partition coefficient (Wildman–Crippen LogP) is -9.66. The normalized spacial score (nSPS) is 19.6. The summed E-state index contributed by atoms with van der Waals surface area (Å²) in [4.78, 5) is 20.0. The molecule has 0 aliphatic heterocycles. The number of aliphatic hydroxyl groups excluding tert-OH is 10. The number of hydrogen-bond donors (Lipinski definition) is 10. The summed E-state index contributed by atoms with van der Waals surface area (Å²) in [5, 5.41) is 107. The maximum absolute atomic E-state index is 9.98. The van der Waals surface area contributed by atoms with E-state index >= 15 is 0 Å². The van der Waals surface area contributed by atoms with Crippen molar-refractivity contribution < 1.29 is 90.3 Å². The molecule has 0 radical (unpaired) electrons. The van der Waals surface area contributed by atoms with Gasteiger partial charge in [0.05, 0.1) is 25.2 Å². The molecule has 0 aliphatic carbocycles. The maximum atomic E-state index is 9.98. The minimum Gasteiger partial charge on any atom is -0.547 e. The summed E-state index contributed by atoms with van der Waals surface area (Å²) in [6, 6.07) is 0. The SMILES string of the molecule is O=C([O-])[C@@H](O)[C@@H](O)[C@@H](O)[C@H](O)CO.O=C([O-])[C@@H](O)[C@@H](O)[C@@H](O)[C@H](O)CO.[Zn+2]. The number of hydrogen-bond acceptors (Lipinski definition) is 14. The van der Waals surface area contributed by atoms with Crippen molar-refractivity contribution in [2.45, 2.75) is 48.8 Å². The Balaban J connectivity index is -0.000000411. The molecular weight excluding hydrogens is 434 g/mol. The van der Waals surface area contributed by atoms with Crippen molar-refractivity contribution in [3.63, 3.8) is 0 Å². The molecular formula is C12H22O14Zn. The van der Waals surface area contributed by atoms with E-state index in [2.05, 4.69) is 0 Å². The minimum atomic E-state index is -2.31. The summed E-state index contributed by atoms with van der Waals surface area (Å²) < 4.78 is 0. The molecule has 0 heterocycles. The predicted molar refractivity (Wildman–Crippen MR) is 72.2 cm³/mol. The molecule has 0 fully saturated rings. The Labute approximate surface area is 164 Å². The van der Waals surface area contributed by atoms with Crippen LogP contribution in [0, 0.1) is 0 Å². The van der Waals surface area contributed by atoms with Crippen LogP contribution in [0.2, 0.25) is 0 Å². The van der Waals surface area contributed by atoms with Gasteiger partial charge in [0.1, 0.15) is 48.8 Å². The van der Waals surface area contributed by atoms with Gasteiger partial charge in [0.25, 0.3) is 0 Å². The monoisotopic (exact) mass is 454 g/mol. The van der Waals surface area contributed by atoms with Crippen LogP contribution in [0.4, 0.5) is 0 Å². The van der Waals surface area contributed by atoms with E-state index in [4.69, 9.17) is 51.1 Å². The zero-order valence-corrected chi connectivity index (χ0v) is 16.8. The molecule has 0 unspecified atom stereocenters. The third-order valence-corrected chi connectivity index (χ3v) is 2.99. The summed E-state index contributed by atoms with van der Waals surface area (Å²) in [6.45, 7) is -1.73. The molecule has 0 bridgehead atoms. The van der Waals surface area contributed by atoms with Crippen molar-refractivity contribution in [2.75, 3.05) is 13.2 Å². The standard InChI is InChI=1S/2C6H12O7.Zn/c2*7-1-2(8)3(9)4(10)5(11)6(12)13;/h2*2-5,7-11H,1H2,(H,12,13);/q;;+2/p-2/t2*2-,3+,4+,5+;/m11./s1. The Morgan fingerprint density at radius 3 is 0.963 bits per heavy atom. The average Bonchev–Trinajstić information content (AvgIpc) is 2.62. The van der Waals surface area contributed by atoms with Crippen LogP contribution in [0.3, 0.4) is 0 Å². The molecule has 0 aromatic carbocycles. The Kier molecular flexibility index (Phi) is 17.3. The van der Waals surface area contributed by atoms with E-state index in [9.17, 15) is 19.8 Å². The minimum absolute atomic E-state index is 0. The first kappa shape index (κ1) is 30.9. The van der Waals surface area contributed by atoms with Crippen molar-refractivity contribution >= 4 is 11.9 Å². The second-order valence-electron chi connectivity index (χ2n) is 4.99.